The number of anilines is 2. The summed E-state index contributed by atoms with van der Waals surface area (Å²) in [6, 6.07) is 9.13. The van der Waals surface area contributed by atoms with Gasteiger partial charge in [-0.3, -0.25) is 14.6 Å². The summed E-state index contributed by atoms with van der Waals surface area (Å²) in [6.07, 6.45) is 3.61. The molecule has 1 N–H and O–H groups in total. The van der Waals surface area contributed by atoms with E-state index in [0.717, 1.165) is 11.3 Å². The van der Waals surface area contributed by atoms with Crippen molar-refractivity contribution in [3.8, 4) is 0 Å². The number of hydrogen-bond acceptors (Lipinski definition) is 4. The predicted octanol–water partition coefficient (Wildman–Crippen LogP) is 2.79. The summed E-state index contributed by atoms with van der Waals surface area (Å²) in [6.45, 7) is 0.908. The lowest BCUT2D eigenvalue weighted by Gasteiger charge is -2.17. The number of likely N-dealkylation sites (tertiary alicyclic amines) is 1. The van der Waals surface area contributed by atoms with Gasteiger partial charge in [-0.1, -0.05) is 11.6 Å². The monoisotopic (exact) mass is 372 g/mol. The van der Waals surface area contributed by atoms with Crippen molar-refractivity contribution in [3.05, 3.63) is 53.3 Å². The molecule has 0 aliphatic carbocycles. The minimum atomic E-state index is -0.364. The van der Waals surface area contributed by atoms with Gasteiger partial charge in [-0.2, -0.15) is 0 Å². The molecule has 1 unspecified atom stereocenters. The molecule has 0 saturated carbocycles. The summed E-state index contributed by atoms with van der Waals surface area (Å²) >= 11 is 6.24. The summed E-state index contributed by atoms with van der Waals surface area (Å²) < 4.78 is 0. The molecule has 1 aliphatic rings. The van der Waals surface area contributed by atoms with Crippen molar-refractivity contribution in [3.63, 3.8) is 0 Å². The first-order valence-electron chi connectivity index (χ1n) is 8.38. The van der Waals surface area contributed by atoms with Crippen molar-refractivity contribution in [2.24, 2.45) is 5.92 Å². The Balaban J connectivity index is 1.62. The highest BCUT2D eigenvalue weighted by molar-refractivity contribution is 6.33. The highest BCUT2D eigenvalue weighted by Gasteiger charge is 2.34. The van der Waals surface area contributed by atoms with Gasteiger partial charge in [0.25, 0.3) is 0 Å². The van der Waals surface area contributed by atoms with Crippen LogP contribution in [0, 0.1) is 5.92 Å². The van der Waals surface area contributed by atoms with Gasteiger partial charge in [-0.05, 0) is 35.9 Å². The maximum absolute atomic E-state index is 12.5. The second-order valence-corrected chi connectivity index (χ2v) is 6.99. The molecule has 1 atom stereocenters. The molecule has 0 radical (unpaired) electrons. The molecule has 7 heteroatoms. The number of amides is 2. The van der Waals surface area contributed by atoms with Crippen molar-refractivity contribution in [2.45, 2.75) is 13.0 Å². The van der Waals surface area contributed by atoms with E-state index >= 15 is 0 Å². The van der Waals surface area contributed by atoms with Gasteiger partial charge in [0.15, 0.2) is 0 Å². The number of carbonyl (C=O) groups excluding carboxylic acids is 2. The lowest BCUT2D eigenvalue weighted by atomic mass is 10.1. The molecule has 136 valence electrons. The topological polar surface area (TPSA) is 65.5 Å². The molecule has 3 rings (SSSR count). The summed E-state index contributed by atoms with van der Waals surface area (Å²) in [5.74, 6) is -0.538. The van der Waals surface area contributed by atoms with Crippen LogP contribution < -0.4 is 10.2 Å². The van der Waals surface area contributed by atoms with E-state index in [1.165, 1.54) is 0 Å². The molecule has 0 bridgehead atoms. The van der Waals surface area contributed by atoms with E-state index in [1.807, 2.05) is 43.3 Å². The van der Waals surface area contributed by atoms with E-state index in [0.29, 0.717) is 23.8 Å². The highest BCUT2D eigenvalue weighted by atomic mass is 35.5. The summed E-state index contributed by atoms with van der Waals surface area (Å²) in [7, 11) is 3.81. The molecule has 1 saturated heterocycles. The van der Waals surface area contributed by atoms with Crippen molar-refractivity contribution in [1.82, 2.24) is 9.88 Å². The van der Waals surface area contributed by atoms with Gasteiger partial charge >= 0.3 is 0 Å². The Labute approximate surface area is 157 Å². The van der Waals surface area contributed by atoms with Crippen LogP contribution in [0.3, 0.4) is 0 Å². The van der Waals surface area contributed by atoms with E-state index in [1.54, 1.807) is 23.4 Å². The Morgan fingerprint density at radius 1 is 1.31 bits per heavy atom. The fraction of sp³-hybridized carbons (Fsp3) is 0.316. The first-order valence-corrected chi connectivity index (χ1v) is 8.76. The van der Waals surface area contributed by atoms with Crippen molar-refractivity contribution >= 4 is 34.8 Å². The molecular weight excluding hydrogens is 352 g/mol. The number of nitrogens with one attached hydrogen (secondary N) is 1. The molecule has 1 fully saturated rings. The number of halogens is 1. The summed E-state index contributed by atoms with van der Waals surface area (Å²) in [5, 5.41) is 3.43. The van der Waals surface area contributed by atoms with Gasteiger partial charge in [-0.15, -0.1) is 0 Å². The van der Waals surface area contributed by atoms with Gasteiger partial charge in [0, 0.05) is 51.7 Å². The molecule has 26 heavy (non-hydrogen) atoms. The zero-order valence-electron chi connectivity index (χ0n) is 14.8. The number of pyridine rings is 1. The standard InChI is InChI=1S/C19H21ClN4O2/c1-23(2)17-4-3-15(10-16(17)20)22-19(26)14-9-18(25)24(12-14)11-13-5-7-21-8-6-13/h3-8,10,14H,9,11-12H2,1-2H3,(H,22,26). The molecule has 1 aliphatic heterocycles. The fourth-order valence-corrected chi connectivity index (χ4v) is 3.35. The summed E-state index contributed by atoms with van der Waals surface area (Å²) in [5.41, 5.74) is 2.51. The van der Waals surface area contributed by atoms with Crippen molar-refractivity contribution in [1.29, 1.82) is 0 Å². The number of aromatic nitrogens is 1. The zero-order valence-corrected chi connectivity index (χ0v) is 15.5. The minimum Gasteiger partial charge on any atom is -0.376 e. The number of nitrogens with zero attached hydrogens (tertiary/aromatic N) is 3. The van der Waals surface area contributed by atoms with Gasteiger partial charge < -0.3 is 15.1 Å². The van der Waals surface area contributed by atoms with Gasteiger partial charge in [0.1, 0.15) is 0 Å². The SMILES string of the molecule is CN(C)c1ccc(NC(=O)C2CC(=O)N(Cc3ccncc3)C2)cc1Cl. The van der Waals surface area contributed by atoms with Crippen LogP contribution >= 0.6 is 11.6 Å². The van der Waals surface area contributed by atoms with Crippen LogP contribution in [0.5, 0.6) is 0 Å². The quantitative estimate of drug-likeness (QED) is 0.876. The Bertz CT molecular complexity index is 810. The Hall–Kier alpha value is -2.60. The van der Waals surface area contributed by atoms with Crippen LogP contribution in [-0.4, -0.2) is 42.3 Å². The third kappa shape index (κ3) is 4.14. The first kappa shape index (κ1) is 18.2. The maximum atomic E-state index is 12.5. The van der Waals surface area contributed by atoms with Gasteiger partial charge in [0.2, 0.25) is 11.8 Å². The van der Waals surface area contributed by atoms with Gasteiger partial charge in [0.05, 0.1) is 16.6 Å². The van der Waals surface area contributed by atoms with E-state index in [4.69, 9.17) is 11.6 Å². The predicted molar refractivity (Wildman–Crippen MR) is 102 cm³/mol. The number of rotatable bonds is 5. The molecule has 1 aromatic carbocycles. The lowest BCUT2D eigenvalue weighted by Crippen LogP contribution is -2.28. The molecule has 0 spiro atoms. The van der Waals surface area contributed by atoms with Crippen LogP contribution in [0.25, 0.3) is 0 Å². The lowest BCUT2D eigenvalue weighted by molar-refractivity contribution is -0.128. The number of benzene rings is 1. The van der Waals surface area contributed by atoms with E-state index < -0.39 is 0 Å². The Morgan fingerprint density at radius 3 is 2.69 bits per heavy atom. The third-order valence-electron chi connectivity index (χ3n) is 4.41. The maximum Gasteiger partial charge on any atom is 0.229 e. The molecule has 1 aromatic heterocycles. The minimum absolute atomic E-state index is 0.0112. The van der Waals surface area contributed by atoms with Crippen molar-refractivity contribution in [2.75, 3.05) is 30.9 Å². The normalized spacial score (nSPS) is 16.7. The number of hydrogen-bond donors (Lipinski definition) is 1. The van der Waals surface area contributed by atoms with E-state index in [2.05, 4.69) is 10.3 Å². The average molecular weight is 373 g/mol. The molecule has 6 nitrogen and oxygen atoms in total. The molecule has 2 heterocycles. The van der Waals surface area contributed by atoms with Crippen LogP contribution in [0.15, 0.2) is 42.7 Å². The largest absolute Gasteiger partial charge is 0.376 e. The van der Waals surface area contributed by atoms with Gasteiger partial charge in [-0.25, -0.2) is 0 Å². The highest BCUT2D eigenvalue weighted by Crippen LogP contribution is 2.28. The van der Waals surface area contributed by atoms with E-state index in [-0.39, 0.29) is 24.2 Å². The Kier molecular flexibility index (Phi) is 5.42. The van der Waals surface area contributed by atoms with Crippen LogP contribution in [0.1, 0.15) is 12.0 Å². The van der Waals surface area contributed by atoms with E-state index in [9.17, 15) is 9.59 Å². The van der Waals surface area contributed by atoms with Crippen LogP contribution in [0.4, 0.5) is 11.4 Å². The molecule has 2 amide bonds. The smallest absolute Gasteiger partial charge is 0.229 e. The second-order valence-electron chi connectivity index (χ2n) is 6.58. The average Bonchev–Trinajstić information content (AvgIpc) is 2.96. The summed E-state index contributed by atoms with van der Waals surface area (Å²) in [4.78, 5) is 32.3. The first-order chi connectivity index (χ1) is 12.4. The fourth-order valence-electron chi connectivity index (χ4n) is 3.00. The zero-order chi connectivity index (χ0) is 18.7. The van der Waals surface area contributed by atoms with Crippen LogP contribution in [0.2, 0.25) is 5.02 Å². The molecule has 2 aromatic rings. The number of carbonyl (C=O) groups is 2. The van der Waals surface area contributed by atoms with Crippen molar-refractivity contribution < 1.29 is 9.59 Å². The Morgan fingerprint density at radius 2 is 2.04 bits per heavy atom. The van der Waals surface area contributed by atoms with Crippen LogP contribution in [-0.2, 0) is 16.1 Å². The third-order valence-corrected chi connectivity index (χ3v) is 4.71. The second kappa shape index (κ2) is 7.74. The molecular formula is C19H21ClN4O2.